The van der Waals surface area contributed by atoms with Gasteiger partial charge >= 0.3 is 0 Å². The summed E-state index contributed by atoms with van der Waals surface area (Å²) < 4.78 is 0. The van der Waals surface area contributed by atoms with Gasteiger partial charge in [0.15, 0.2) is 5.82 Å². The number of aryl methyl sites for hydroxylation is 1. The molecule has 0 radical (unpaired) electrons. The summed E-state index contributed by atoms with van der Waals surface area (Å²) in [4.78, 5) is 12.0. The molecule has 312 valence electrons. The van der Waals surface area contributed by atoms with Gasteiger partial charge in [0.05, 0.1) is 57.9 Å². The van der Waals surface area contributed by atoms with Gasteiger partial charge in [-0.05, 0) is 144 Å². The van der Waals surface area contributed by atoms with E-state index in [-0.39, 0.29) is 5.41 Å². The van der Waals surface area contributed by atoms with E-state index in [1.54, 1.807) is 18.2 Å². The number of benzene rings is 7. The van der Waals surface area contributed by atoms with Crippen molar-refractivity contribution in [3.05, 3.63) is 233 Å². The zero-order valence-corrected chi connectivity index (χ0v) is 36.4. The standard InChI is InChI=1S/C59H41N7/c1-40-7-3-4-12-54(40)55-34-53(66(51-22-13-42(36-60)14-23-51)52-24-15-43(37-61)16-25-52)26-19-47(55)31-41-27-29-59(2,30-28-41)50-20-17-46(18-21-50)56-35-57(48-10-5-8-44(32-48)38-62)65-58(64-56)49-11-6-9-45(33-49)39-63/h3-29,32-35H,30-31H2,1-2H3. The van der Waals surface area contributed by atoms with Gasteiger partial charge in [0.25, 0.3) is 0 Å². The van der Waals surface area contributed by atoms with E-state index in [0.29, 0.717) is 33.8 Å². The summed E-state index contributed by atoms with van der Waals surface area (Å²) in [6, 6.07) is 64.4. The number of allylic oxidation sites excluding steroid dienone is 4. The fourth-order valence-electron chi connectivity index (χ4n) is 8.51. The van der Waals surface area contributed by atoms with Crippen molar-refractivity contribution in [2.45, 2.75) is 32.1 Å². The van der Waals surface area contributed by atoms with E-state index >= 15 is 0 Å². The Hall–Kier alpha value is -9.14. The molecule has 1 aromatic heterocycles. The summed E-state index contributed by atoms with van der Waals surface area (Å²) in [5, 5.41) is 38.3. The molecule has 7 aromatic carbocycles. The first-order valence-electron chi connectivity index (χ1n) is 21.6. The maximum Gasteiger partial charge on any atom is 0.160 e. The zero-order chi connectivity index (χ0) is 45.6. The van der Waals surface area contributed by atoms with E-state index in [9.17, 15) is 21.0 Å². The average Bonchev–Trinajstić information content (AvgIpc) is 3.38. The SMILES string of the molecule is Cc1ccccc1-c1cc(N(c2ccc(C#N)cc2)c2ccc(C#N)cc2)ccc1CC1=CCC(C)(c2ccc(-c3cc(-c4cccc(C#N)c4)nc(-c4cccc(C#N)c4)n3)cc2)C=C1. The number of aromatic nitrogens is 2. The van der Waals surface area contributed by atoms with Crippen LogP contribution < -0.4 is 4.90 Å². The molecule has 7 heteroatoms. The minimum atomic E-state index is -0.231. The Morgan fingerprint density at radius 1 is 0.530 bits per heavy atom. The number of anilines is 3. The smallest absolute Gasteiger partial charge is 0.160 e. The van der Waals surface area contributed by atoms with Crippen molar-refractivity contribution in [3.63, 3.8) is 0 Å². The van der Waals surface area contributed by atoms with E-state index in [4.69, 9.17) is 9.97 Å². The average molecular weight is 848 g/mol. The highest BCUT2D eigenvalue weighted by Crippen LogP contribution is 2.41. The largest absolute Gasteiger partial charge is 0.310 e. The molecule has 1 unspecified atom stereocenters. The van der Waals surface area contributed by atoms with Crippen LogP contribution in [0.15, 0.2) is 194 Å². The van der Waals surface area contributed by atoms with Crippen LogP contribution in [-0.2, 0) is 11.8 Å². The predicted molar refractivity (Wildman–Crippen MR) is 261 cm³/mol. The van der Waals surface area contributed by atoms with Gasteiger partial charge in [-0.1, -0.05) is 104 Å². The van der Waals surface area contributed by atoms with Crippen LogP contribution in [0.4, 0.5) is 17.1 Å². The number of hydrogen-bond donors (Lipinski definition) is 0. The predicted octanol–water partition coefficient (Wildman–Crippen LogP) is 13.8. The fourth-order valence-corrected chi connectivity index (χ4v) is 8.51. The third kappa shape index (κ3) is 8.75. The molecular weight excluding hydrogens is 807 g/mol. The van der Waals surface area contributed by atoms with Crippen molar-refractivity contribution in [1.29, 1.82) is 21.0 Å². The Morgan fingerprint density at radius 2 is 1.11 bits per heavy atom. The maximum absolute atomic E-state index is 9.61. The second kappa shape index (κ2) is 18.3. The minimum Gasteiger partial charge on any atom is -0.310 e. The molecule has 8 aromatic rings. The highest BCUT2D eigenvalue weighted by molar-refractivity contribution is 5.83. The first-order chi connectivity index (χ1) is 32.2. The highest BCUT2D eigenvalue weighted by Gasteiger charge is 2.26. The van der Waals surface area contributed by atoms with Gasteiger partial charge in [-0.2, -0.15) is 21.0 Å². The minimum absolute atomic E-state index is 0.231. The molecule has 0 fully saturated rings. The van der Waals surface area contributed by atoms with E-state index in [0.717, 1.165) is 63.4 Å². The van der Waals surface area contributed by atoms with Crippen molar-refractivity contribution in [2.24, 2.45) is 0 Å². The van der Waals surface area contributed by atoms with Gasteiger partial charge in [-0.25, -0.2) is 9.97 Å². The van der Waals surface area contributed by atoms with Gasteiger partial charge in [0.2, 0.25) is 0 Å². The molecule has 66 heavy (non-hydrogen) atoms. The van der Waals surface area contributed by atoms with Crippen LogP contribution >= 0.6 is 0 Å². The zero-order valence-electron chi connectivity index (χ0n) is 36.4. The van der Waals surface area contributed by atoms with Gasteiger partial charge in [-0.3, -0.25) is 0 Å². The van der Waals surface area contributed by atoms with Crippen molar-refractivity contribution < 1.29 is 0 Å². The van der Waals surface area contributed by atoms with Crippen LogP contribution in [0.5, 0.6) is 0 Å². The molecule has 0 spiro atoms. The van der Waals surface area contributed by atoms with Crippen molar-refractivity contribution in [1.82, 2.24) is 9.97 Å². The molecule has 0 bridgehead atoms. The van der Waals surface area contributed by atoms with Crippen LogP contribution in [0.1, 0.15) is 52.3 Å². The Balaban J connectivity index is 1.01. The summed E-state index contributed by atoms with van der Waals surface area (Å²) in [6.07, 6.45) is 8.52. The molecule has 0 aliphatic heterocycles. The molecule has 0 saturated carbocycles. The topological polar surface area (TPSA) is 124 Å². The molecule has 1 aliphatic carbocycles. The second-order valence-corrected chi connectivity index (χ2v) is 16.6. The molecule has 1 atom stereocenters. The molecular formula is C59H41N7. The van der Waals surface area contributed by atoms with E-state index in [1.165, 1.54) is 22.3 Å². The maximum atomic E-state index is 9.61. The van der Waals surface area contributed by atoms with Gasteiger partial charge in [0, 0.05) is 39.2 Å². The number of rotatable bonds is 10. The number of nitriles is 4. The lowest BCUT2D eigenvalue weighted by atomic mass is 9.75. The summed E-state index contributed by atoms with van der Waals surface area (Å²) in [5.74, 6) is 0.501. The van der Waals surface area contributed by atoms with Crippen LogP contribution in [0.2, 0.25) is 0 Å². The summed E-state index contributed by atoms with van der Waals surface area (Å²) >= 11 is 0. The molecule has 9 rings (SSSR count). The summed E-state index contributed by atoms with van der Waals surface area (Å²) in [6.45, 7) is 4.42. The summed E-state index contributed by atoms with van der Waals surface area (Å²) in [5.41, 5.74) is 15.8. The molecule has 0 N–H and O–H groups in total. The van der Waals surface area contributed by atoms with Crippen molar-refractivity contribution in [3.8, 4) is 69.3 Å². The number of nitrogens with zero attached hydrogens (tertiary/aromatic N) is 7. The second-order valence-electron chi connectivity index (χ2n) is 16.6. The highest BCUT2D eigenvalue weighted by atomic mass is 15.1. The first-order valence-corrected chi connectivity index (χ1v) is 21.6. The van der Waals surface area contributed by atoms with Gasteiger partial charge < -0.3 is 4.90 Å². The molecule has 0 amide bonds. The Labute approximate surface area is 385 Å². The Bertz CT molecular complexity index is 3240. The lowest BCUT2D eigenvalue weighted by molar-refractivity contribution is 0.595. The van der Waals surface area contributed by atoms with Crippen LogP contribution in [-0.4, -0.2) is 9.97 Å². The van der Waals surface area contributed by atoms with E-state index in [1.807, 2.05) is 84.9 Å². The third-order valence-electron chi connectivity index (χ3n) is 12.2. The van der Waals surface area contributed by atoms with Gasteiger partial charge in [0.1, 0.15) is 0 Å². The fraction of sp³-hybridized carbons (Fsp3) is 0.0847. The monoisotopic (exact) mass is 847 g/mol. The van der Waals surface area contributed by atoms with E-state index in [2.05, 4.69) is 128 Å². The summed E-state index contributed by atoms with van der Waals surface area (Å²) in [7, 11) is 0. The first kappa shape index (κ1) is 42.2. The van der Waals surface area contributed by atoms with Gasteiger partial charge in [-0.15, -0.1) is 0 Å². The number of hydrogen-bond acceptors (Lipinski definition) is 7. The molecule has 1 heterocycles. The molecule has 7 nitrogen and oxygen atoms in total. The lowest BCUT2D eigenvalue weighted by Gasteiger charge is -2.29. The molecule has 0 saturated heterocycles. The Morgan fingerprint density at radius 3 is 1.70 bits per heavy atom. The lowest BCUT2D eigenvalue weighted by Crippen LogP contribution is -2.20. The normalized spacial score (nSPS) is 13.9. The Kier molecular flexibility index (Phi) is 11.7. The van der Waals surface area contributed by atoms with Crippen molar-refractivity contribution in [2.75, 3.05) is 4.90 Å². The quantitative estimate of drug-likeness (QED) is 0.134. The third-order valence-corrected chi connectivity index (χ3v) is 12.2. The van der Waals surface area contributed by atoms with Crippen LogP contribution in [0.3, 0.4) is 0 Å². The van der Waals surface area contributed by atoms with Crippen LogP contribution in [0, 0.1) is 52.2 Å². The van der Waals surface area contributed by atoms with E-state index < -0.39 is 0 Å². The van der Waals surface area contributed by atoms with Crippen LogP contribution in [0.25, 0.3) is 45.0 Å². The molecule has 1 aliphatic rings. The van der Waals surface area contributed by atoms with Crippen molar-refractivity contribution >= 4 is 17.1 Å².